The van der Waals surface area contributed by atoms with Gasteiger partial charge in [0.1, 0.15) is 18.1 Å². The first-order valence-corrected chi connectivity index (χ1v) is 11.9. The van der Waals surface area contributed by atoms with Gasteiger partial charge in [0.05, 0.1) is 6.04 Å². The Bertz CT molecular complexity index is 667. The maximum Gasteiger partial charge on any atom is 0.326 e. The number of unbranched alkanes of at least 4 members (excludes halogenated alkanes) is 1. The van der Waals surface area contributed by atoms with E-state index in [-0.39, 0.29) is 30.2 Å². The van der Waals surface area contributed by atoms with Crippen molar-refractivity contribution in [2.24, 2.45) is 11.7 Å². The van der Waals surface area contributed by atoms with Crippen LogP contribution in [0.15, 0.2) is 0 Å². The number of aliphatic carboxylic acids is 1. The van der Waals surface area contributed by atoms with Crippen molar-refractivity contribution in [2.75, 3.05) is 19.6 Å². The van der Waals surface area contributed by atoms with Crippen LogP contribution < -0.4 is 21.7 Å². The molecular weight excluding hydrogens is 414 g/mol. The van der Waals surface area contributed by atoms with Crippen LogP contribution in [0.2, 0.25) is 0 Å². The van der Waals surface area contributed by atoms with Crippen molar-refractivity contribution in [3.05, 3.63) is 0 Å². The Morgan fingerprint density at radius 3 is 2.50 bits per heavy atom. The maximum atomic E-state index is 13.1. The first kappa shape index (κ1) is 26.1. The van der Waals surface area contributed by atoms with Crippen LogP contribution in [0.4, 0.5) is 0 Å². The molecule has 0 aliphatic carbocycles. The Morgan fingerprint density at radius 2 is 1.91 bits per heavy atom. The molecule has 2 aliphatic rings. The first-order valence-electron chi connectivity index (χ1n) is 11.9. The van der Waals surface area contributed by atoms with E-state index in [0.717, 1.165) is 25.8 Å². The second-order valence-corrected chi connectivity index (χ2v) is 8.89. The second kappa shape index (κ2) is 12.7. The molecule has 5 atom stereocenters. The minimum atomic E-state index is -1.11. The summed E-state index contributed by atoms with van der Waals surface area (Å²) in [4.78, 5) is 52.1. The largest absolute Gasteiger partial charge is 0.480 e. The molecule has 0 spiro atoms. The number of carboxylic acid groups (broad SMARTS) is 1. The van der Waals surface area contributed by atoms with Crippen LogP contribution in [0.25, 0.3) is 0 Å². The Balaban J connectivity index is 2.04. The monoisotopic (exact) mass is 453 g/mol. The fourth-order valence-corrected chi connectivity index (χ4v) is 4.36. The second-order valence-electron chi connectivity index (χ2n) is 8.89. The normalized spacial score (nSPS) is 23.4. The van der Waals surface area contributed by atoms with Crippen LogP contribution in [-0.4, -0.2) is 77.5 Å². The average molecular weight is 454 g/mol. The van der Waals surface area contributed by atoms with Gasteiger partial charge < -0.3 is 31.7 Å². The Hall–Kier alpha value is -2.20. The fraction of sp³-hybridized carbons (Fsp3) is 0.818. The van der Waals surface area contributed by atoms with Crippen molar-refractivity contribution in [1.82, 2.24) is 20.9 Å². The van der Waals surface area contributed by atoms with Gasteiger partial charge in [-0.2, -0.15) is 0 Å². The van der Waals surface area contributed by atoms with Gasteiger partial charge >= 0.3 is 5.97 Å². The molecule has 2 fully saturated rings. The average Bonchev–Trinajstić information content (AvgIpc) is 3.47. The van der Waals surface area contributed by atoms with Crippen molar-refractivity contribution >= 4 is 23.7 Å². The van der Waals surface area contributed by atoms with Crippen LogP contribution in [0.1, 0.15) is 65.2 Å². The summed E-state index contributed by atoms with van der Waals surface area (Å²) in [7, 11) is 0. The van der Waals surface area contributed by atoms with Gasteiger partial charge in [-0.3, -0.25) is 14.4 Å². The van der Waals surface area contributed by atoms with Gasteiger partial charge in [0.25, 0.3) is 0 Å². The van der Waals surface area contributed by atoms with E-state index in [2.05, 4.69) is 16.0 Å². The molecular formula is C22H39N5O5. The predicted octanol–water partition coefficient (Wildman–Crippen LogP) is -0.0413. The molecule has 0 aromatic heterocycles. The quantitative estimate of drug-likeness (QED) is 0.260. The molecule has 2 rings (SSSR count). The molecule has 0 aromatic rings. The zero-order valence-electron chi connectivity index (χ0n) is 19.3. The lowest BCUT2D eigenvalue weighted by atomic mass is 9.97. The summed E-state index contributed by atoms with van der Waals surface area (Å²) in [5.41, 5.74) is 5.47. The van der Waals surface area contributed by atoms with Gasteiger partial charge in [-0.05, 0) is 64.0 Å². The SMILES string of the molecule is CCC(C)C(NC(=O)C1CCCN1C(=O)C1CCCN1)C(=O)NC(CCCCN)C(=O)O. The van der Waals surface area contributed by atoms with Crippen LogP contribution in [0, 0.1) is 5.92 Å². The summed E-state index contributed by atoms with van der Waals surface area (Å²) in [6, 6.07) is -2.76. The Labute approximate surface area is 190 Å². The van der Waals surface area contributed by atoms with Gasteiger partial charge in [-0.25, -0.2) is 4.79 Å². The van der Waals surface area contributed by atoms with Crippen molar-refractivity contribution < 1.29 is 24.3 Å². The van der Waals surface area contributed by atoms with E-state index in [4.69, 9.17) is 5.73 Å². The number of carboxylic acids is 1. The minimum Gasteiger partial charge on any atom is -0.480 e. The number of rotatable bonds is 12. The number of hydrogen-bond donors (Lipinski definition) is 5. The van der Waals surface area contributed by atoms with Gasteiger partial charge in [0.15, 0.2) is 0 Å². The number of carbonyl (C=O) groups excluding carboxylic acids is 3. The standard InChI is InChI=1S/C22H39N5O5/c1-3-14(2)18(20(29)25-16(22(31)32)8-4-5-11-23)26-19(28)17-10-7-13-27(17)21(30)15-9-6-12-24-15/h14-18,24H,3-13,23H2,1-2H3,(H,25,29)(H,26,28)(H,31,32). The third-order valence-corrected chi connectivity index (χ3v) is 6.55. The zero-order valence-corrected chi connectivity index (χ0v) is 19.3. The molecule has 2 heterocycles. The third-order valence-electron chi connectivity index (χ3n) is 6.55. The highest BCUT2D eigenvalue weighted by atomic mass is 16.4. The van der Waals surface area contributed by atoms with Crippen molar-refractivity contribution in [2.45, 2.75) is 89.4 Å². The van der Waals surface area contributed by atoms with Crippen LogP contribution >= 0.6 is 0 Å². The molecule has 2 saturated heterocycles. The molecule has 6 N–H and O–H groups in total. The molecule has 182 valence electrons. The highest BCUT2D eigenvalue weighted by Crippen LogP contribution is 2.21. The predicted molar refractivity (Wildman–Crippen MR) is 120 cm³/mol. The van der Waals surface area contributed by atoms with Gasteiger partial charge in [0, 0.05) is 6.54 Å². The Morgan fingerprint density at radius 1 is 1.16 bits per heavy atom. The van der Waals surface area contributed by atoms with Crippen LogP contribution in [0.5, 0.6) is 0 Å². The number of nitrogens with one attached hydrogen (secondary N) is 3. The summed E-state index contributed by atoms with van der Waals surface area (Å²) in [6.07, 6.45) is 5.15. The van der Waals surface area contributed by atoms with Crippen molar-refractivity contribution in [1.29, 1.82) is 0 Å². The highest BCUT2D eigenvalue weighted by molar-refractivity contribution is 5.94. The summed E-state index contributed by atoms with van der Waals surface area (Å²) in [5, 5.41) is 18.1. The molecule has 0 radical (unpaired) electrons. The number of nitrogens with zero attached hydrogens (tertiary/aromatic N) is 1. The van der Waals surface area contributed by atoms with E-state index < -0.39 is 30.0 Å². The lowest BCUT2D eigenvalue weighted by Gasteiger charge is -2.30. The topological polar surface area (TPSA) is 154 Å². The van der Waals surface area contributed by atoms with E-state index in [9.17, 15) is 24.3 Å². The van der Waals surface area contributed by atoms with E-state index in [0.29, 0.717) is 38.8 Å². The Kier molecular flexibility index (Phi) is 10.4. The van der Waals surface area contributed by atoms with E-state index in [1.165, 1.54) is 0 Å². The summed E-state index contributed by atoms with van der Waals surface area (Å²) in [5.74, 6) is -2.23. The summed E-state index contributed by atoms with van der Waals surface area (Å²) >= 11 is 0. The first-order chi connectivity index (χ1) is 15.3. The van der Waals surface area contributed by atoms with Gasteiger partial charge in [0.2, 0.25) is 17.7 Å². The van der Waals surface area contributed by atoms with Crippen LogP contribution in [-0.2, 0) is 19.2 Å². The lowest BCUT2D eigenvalue weighted by Crippen LogP contribution is -2.58. The smallest absolute Gasteiger partial charge is 0.326 e. The summed E-state index contributed by atoms with van der Waals surface area (Å²) in [6.45, 7) is 5.53. The van der Waals surface area contributed by atoms with E-state index >= 15 is 0 Å². The van der Waals surface area contributed by atoms with Crippen molar-refractivity contribution in [3.8, 4) is 0 Å². The number of nitrogens with two attached hydrogens (primary N) is 1. The number of carbonyl (C=O) groups is 4. The summed E-state index contributed by atoms with van der Waals surface area (Å²) < 4.78 is 0. The lowest BCUT2D eigenvalue weighted by molar-refractivity contribution is -0.143. The maximum absolute atomic E-state index is 13.1. The molecule has 10 heteroatoms. The van der Waals surface area contributed by atoms with E-state index in [1.807, 2.05) is 13.8 Å². The molecule has 0 aromatic carbocycles. The molecule has 0 bridgehead atoms. The third kappa shape index (κ3) is 6.90. The van der Waals surface area contributed by atoms with Gasteiger partial charge in [-0.1, -0.05) is 20.3 Å². The molecule has 3 amide bonds. The molecule has 0 saturated carbocycles. The molecule has 10 nitrogen and oxygen atoms in total. The highest BCUT2D eigenvalue weighted by Gasteiger charge is 2.39. The zero-order chi connectivity index (χ0) is 23.7. The van der Waals surface area contributed by atoms with Gasteiger partial charge in [-0.15, -0.1) is 0 Å². The fourth-order valence-electron chi connectivity index (χ4n) is 4.36. The van der Waals surface area contributed by atoms with Crippen LogP contribution in [0.3, 0.4) is 0 Å². The molecule has 2 aliphatic heterocycles. The van der Waals surface area contributed by atoms with Crippen molar-refractivity contribution in [3.63, 3.8) is 0 Å². The molecule has 5 unspecified atom stereocenters. The van der Waals surface area contributed by atoms with E-state index in [1.54, 1.807) is 4.90 Å². The molecule has 32 heavy (non-hydrogen) atoms. The number of likely N-dealkylation sites (tertiary alicyclic amines) is 1. The minimum absolute atomic E-state index is 0.0597. The number of hydrogen-bond acceptors (Lipinski definition) is 6. The number of amides is 3.